The van der Waals surface area contributed by atoms with Gasteiger partial charge in [-0.25, -0.2) is 4.99 Å². The highest BCUT2D eigenvalue weighted by molar-refractivity contribution is 6.70. The van der Waals surface area contributed by atoms with Gasteiger partial charge in [0.2, 0.25) is 5.78 Å². The molecule has 0 heterocycles. The molecule has 0 aliphatic heterocycles. The molecule has 0 bridgehead atoms. The Morgan fingerprint density at radius 3 is 2.39 bits per heavy atom. The number of quaternary nitrogens is 1. The monoisotopic (exact) mass is 385 g/mol. The minimum Gasteiger partial charge on any atom is -0.435 e. The van der Waals surface area contributed by atoms with Crippen LogP contribution >= 0.6 is 0 Å². The Morgan fingerprint density at radius 1 is 1.11 bits per heavy atom. The number of nitrogens with two attached hydrogens (primary N) is 2. The summed E-state index contributed by atoms with van der Waals surface area (Å²) in [5.74, 6) is -0.508. The number of ketones is 1. The van der Waals surface area contributed by atoms with Crippen LogP contribution in [0, 0.1) is 5.41 Å². The van der Waals surface area contributed by atoms with E-state index >= 15 is 0 Å². The summed E-state index contributed by atoms with van der Waals surface area (Å²) >= 11 is 0. The van der Waals surface area contributed by atoms with Gasteiger partial charge in [0.1, 0.15) is 23.3 Å². The van der Waals surface area contributed by atoms with Gasteiger partial charge < -0.3 is 10.5 Å². The zero-order valence-electron chi connectivity index (χ0n) is 14.8. The predicted octanol–water partition coefficient (Wildman–Crippen LogP) is 2.83. The standard InChI is InChI=1S/C20H18F2N4O2/c21-20(22)28-16-8-6-14(7-9-16)25-13-11-18(27)19(24)17(10-12-23)26-15-4-2-1-3-5-15/h1-13,20,24-25H,23H2/p+1. The van der Waals surface area contributed by atoms with E-state index in [1.54, 1.807) is 41.7 Å². The fourth-order valence-corrected chi connectivity index (χ4v) is 2.13. The number of nitrogens with one attached hydrogen (secondary N) is 1. The third kappa shape index (κ3) is 6.58. The molecular weight excluding hydrogens is 366 g/mol. The fourth-order valence-electron chi connectivity index (χ4n) is 2.13. The first kappa shape index (κ1) is 20.7. The topological polar surface area (TPSA) is 105 Å². The van der Waals surface area contributed by atoms with Gasteiger partial charge in [0.25, 0.3) is 0 Å². The van der Waals surface area contributed by atoms with Crippen molar-refractivity contribution in [3.8, 4) is 5.75 Å². The lowest BCUT2D eigenvalue weighted by Gasteiger charge is -2.03. The van der Waals surface area contributed by atoms with Crippen molar-refractivity contribution in [2.24, 2.45) is 10.7 Å². The van der Waals surface area contributed by atoms with Crippen molar-refractivity contribution in [3.05, 3.63) is 79.1 Å². The summed E-state index contributed by atoms with van der Waals surface area (Å²) in [4.78, 5) is 16.5. The molecule has 0 atom stereocenters. The number of nitrogens with zero attached hydrogens (tertiary/aromatic N) is 1. The summed E-state index contributed by atoms with van der Waals surface area (Å²) in [5.41, 5.74) is 6.49. The summed E-state index contributed by atoms with van der Waals surface area (Å²) in [7, 11) is 0. The van der Waals surface area contributed by atoms with Crippen LogP contribution < -0.4 is 15.8 Å². The first-order chi connectivity index (χ1) is 13.5. The van der Waals surface area contributed by atoms with Gasteiger partial charge in [0, 0.05) is 18.2 Å². The van der Waals surface area contributed by atoms with Crippen molar-refractivity contribution in [2.75, 3.05) is 0 Å². The Kier molecular flexibility index (Phi) is 7.74. The molecule has 0 aliphatic rings. The summed E-state index contributed by atoms with van der Waals surface area (Å²) < 4.78 is 28.5. The zero-order valence-corrected chi connectivity index (χ0v) is 14.8. The first-order valence-electron chi connectivity index (χ1n) is 8.21. The average molecular weight is 385 g/mol. The highest BCUT2D eigenvalue weighted by Gasteiger charge is 2.12. The number of aliphatic imine (C=N–C) groups is 1. The van der Waals surface area contributed by atoms with Crippen LogP contribution in [0.4, 0.5) is 20.2 Å². The summed E-state index contributed by atoms with van der Waals surface area (Å²) in [6.45, 7) is -2.88. The second-order valence-corrected chi connectivity index (χ2v) is 5.40. The van der Waals surface area contributed by atoms with Crippen LogP contribution in [-0.4, -0.2) is 23.8 Å². The molecule has 144 valence electrons. The minimum absolute atomic E-state index is 0.0457. The zero-order chi connectivity index (χ0) is 20.4. The molecule has 2 rings (SSSR count). The number of benzene rings is 2. The number of hydrogen-bond acceptors (Lipinski definition) is 5. The second-order valence-electron chi connectivity index (χ2n) is 5.40. The molecule has 0 amide bonds. The number of allylic oxidation sites excluding steroid dienone is 2. The number of carbonyl (C=O) groups excluding carboxylic acids is 1. The molecule has 8 heteroatoms. The van der Waals surface area contributed by atoms with E-state index in [4.69, 9.17) is 11.1 Å². The Hall–Kier alpha value is -3.65. The van der Waals surface area contributed by atoms with E-state index in [1.807, 2.05) is 6.07 Å². The molecule has 28 heavy (non-hydrogen) atoms. The number of halogens is 2. The largest absolute Gasteiger partial charge is 0.435 e. The van der Waals surface area contributed by atoms with Crippen LogP contribution in [0.2, 0.25) is 0 Å². The maximum atomic E-state index is 12.2. The van der Waals surface area contributed by atoms with Crippen molar-refractivity contribution in [1.29, 1.82) is 5.41 Å². The fraction of sp³-hybridized carbons (Fsp3) is 0.0500. The third-order valence-corrected chi connectivity index (χ3v) is 3.40. The van der Waals surface area contributed by atoms with E-state index < -0.39 is 12.4 Å². The van der Waals surface area contributed by atoms with Gasteiger partial charge in [-0.05, 0) is 36.5 Å². The smallest absolute Gasteiger partial charge is 0.387 e. The molecule has 0 unspecified atom stereocenters. The van der Waals surface area contributed by atoms with Crippen molar-refractivity contribution in [2.45, 2.75) is 6.61 Å². The molecule has 0 radical (unpaired) electrons. The maximum absolute atomic E-state index is 12.2. The van der Waals surface area contributed by atoms with E-state index in [0.717, 1.165) is 0 Å². The van der Waals surface area contributed by atoms with Crippen LogP contribution in [0.15, 0.2) is 84.1 Å². The van der Waals surface area contributed by atoms with E-state index in [1.165, 1.54) is 36.7 Å². The van der Waals surface area contributed by atoms with Crippen molar-refractivity contribution in [1.82, 2.24) is 0 Å². The Balaban J connectivity index is 2.01. The summed E-state index contributed by atoms with van der Waals surface area (Å²) in [6.07, 6.45) is 5.28. The van der Waals surface area contributed by atoms with Gasteiger partial charge in [0.15, 0.2) is 0 Å². The molecule has 6 nitrogen and oxygen atoms in total. The molecule has 0 saturated heterocycles. The van der Waals surface area contributed by atoms with Crippen LogP contribution in [0.5, 0.6) is 5.75 Å². The number of ether oxygens (including phenoxy) is 1. The lowest BCUT2D eigenvalue weighted by atomic mass is 10.1. The van der Waals surface area contributed by atoms with E-state index in [0.29, 0.717) is 11.4 Å². The number of alkyl halides is 2. The maximum Gasteiger partial charge on any atom is 0.387 e. The van der Waals surface area contributed by atoms with E-state index in [2.05, 4.69) is 9.73 Å². The van der Waals surface area contributed by atoms with Gasteiger partial charge in [-0.1, -0.05) is 18.2 Å². The highest BCUT2D eigenvalue weighted by atomic mass is 19.3. The van der Waals surface area contributed by atoms with Crippen molar-refractivity contribution < 1.29 is 23.6 Å². The minimum atomic E-state index is -2.88. The highest BCUT2D eigenvalue weighted by Crippen LogP contribution is 2.15. The molecule has 2 aromatic carbocycles. The van der Waals surface area contributed by atoms with E-state index in [-0.39, 0.29) is 17.2 Å². The Labute approximate surface area is 160 Å². The summed E-state index contributed by atoms with van der Waals surface area (Å²) in [5, 5.41) is 9.64. The van der Waals surface area contributed by atoms with E-state index in [9.17, 15) is 13.6 Å². The van der Waals surface area contributed by atoms with Crippen LogP contribution in [-0.2, 0) is 4.79 Å². The predicted molar refractivity (Wildman–Crippen MR) is 103 cm³/mol. The Morgan fingerprint density at radius 2 is 1.79 bits per heavy atom. The molecule has 0 aromatic heterocycles. The average Bonchev–Trinajstić information content (AvgIpc) is 2.68. The Bertz CT molecular complexity index is 892. The molecule has 5 N–H and O–H groups in total. The second kappa shape index (κ2) is 10.5. The molecule has 0 saturated carbocycles. The van der Waals surface area contributed by atoms with Crippen LogP contribution in [0.25, 0.3) is 0 Å². The summed E-state index contributed by atoms with van der Waals surface area (Å²) in [6, 6.07) is 14.8. The lowest BCUT2D eigenvalue weighted by Crippen LogP contribution is -2.71. The quantitative estimate of drug-likeness (QED) is 0.351. The SMILES string of the molecule is N=C(C(=O)C=C[NH2+]c1ccc(OC(F)F)cc1)C(C=CN)=Nc1ccccc1. The molecule has 0 fully saturated rings. The normalized spacial score (nSPS) is 12.0. The van der Waals surface area contributed by atoms with Crippen molar-refractivity contribution >= 4 is 28.6 Å². The van der Waals surface area contributed by atoms with Gasteiger partial charge in [-0.15, -0.1) is 0 Å². The number of hydrogen-bond donors (Lipinski definition) is 3. The van der Waals surface area contributed by atoms with Crippen molar-refractivity contribution in [3.63, 3.8) is 0 Å². The molecule has 2 aromatic rings. The third-order valence-electron chi connectivity index (χ3n) is 3.40. The molecule has 0 spiro atoms. The lowest BCUT2D eigenvalue weighted by molar-refractivity contribution is -0.496. The van der Waals surface area contributed by atoms with Gasteiger partial charge in [-0.2, -0.15) is 8.78 Å². The van der Waals surface area contributed by atoms with Gasteiger partial charge in [0.05, 0.1) is 11.4 Å². The van der Waals surface area contributed by atoms with Crippen LogP contribution in [0.3, 0.4) is 0 Å². The molecular formula is C20H19F2N4O2+. The number of carbonyl (C=O) groups is 1. The van der Waals surface area contributed by atoms with Gasteiger partial charge in [-0.3, -0.25) is 15.5 Å². The number of para-hydroxylation sites is 1. The van der Waals surface area contributed by atoms with Crippen LogP contribution in [0.1, 0.15) is 0 Å². The number of rotatable bonds is 9. The van der Waals surface area contributed by atoms with Gasteiger partial charge >= 0.3 is 6.61 Å². The first-order valence-corrected chi connectivity index (χ1v) is 8.21. The molecule has 0 aliphatic carbocycles.